The summed E-state index contributed by atoms with van der Waals surface area (Å²) in [6.45, 7) is 0.153. The number of hydrogen-bond acceptors (Lipinski definition) is 4. The molecule has 25 heavy (non-hydrogen) atoms. The molecule has 0 unspecified atom stereocenters. The quantitative estimate of drug-likeness (QED) is 0.859. The lowest BCUT2D eigenvalue weighted by molar-refractivity contribution is -0.115. The SMILES string of the molecule is Cn1c(CNS(=O)(=O)c2ccc3c(c2)CC(=O)N3)nc2c1CCCC2. The molecule has 0 bridgehead atoms. The van der Waals surface area contributed by atoms with Crippen LogP contribution in [-0.2, 0) is 47.7 Å². The number of hydrogen-bond donors (Lipinski definition) is 2. The number of nitrogens with zero attached hydrogens (tertiary/aromatic N) is 2. The van der Waals surface area contributed by atoms with Gasteiger partial charge < -0.3 is 9.88 Å². The largest absolute Gasteiger partial charge is 0.334 e. The molecule has 2 heterocycles. The number of rotatable bonds is 4. The van der Waals surface area contributed by atoms with Crippen molar-refractivity contribution in [2.75, 3.05) is 5.32 Å². The summed E-state index contributed by atoms with van der Waals surface area (Å²) in [5.41, 5.74) is 3.69. The summed E-state index contributed by atoms with van der Waals surface area (Å²) < 4.78 is 29.8. The summed E-state index contributed by atoms with van der Waals surface area (Å²) in [6, 6.07) is 4.70. The van der Waals surface area contributed by atoms with Crippen LogP contribution in [0.1, 0.15) is 35.6 Å². The van der Waals surface area contributed by atoms with Crippen LogP contribution in [0.4, 0.5) is 5.69 Å². The maximum Gasteiger partial charge on any atom is 0.240 e. The fraction of sp³-hybridized carbons (Fsp3) is 0.412. The first-order chi connectivity index (χ1) is 11.9. The Morgan fingerprint density at radius 1 is 1.28 bits per heavy atom. The summed E-state index contributed by atoms with van der Waals surface area (Å²) in [5.74, 6) is 0.615. The van der Waals surface area contributed by atoms with E-state index in [0.29, 0.717) is 11.3 Å². The summed E-state index contributed by atoms with van der Waals surface area (Å²) in [4.78, 5) is 16.2. The molecule has 2 aliphatic rings. The average Bonchev–Trinajstić information content (AvgIpc) is 3.12. The molecule has 2 aromatic rings. The second-order valence-electron chi connectivity index (χ2n) is 6.56. The van der Waals surface area contributed by atoms with Crippen LogP contribution in [0.25, 0.3) is 0 Å². The summed E-state index contributed by atoms with van der Waals surface area (Å²) in [7, 11) is -1.72. The van der Waals surface area contributed by atoms with Gasteiger partial charge in [0.05, 0.1) is 23.6 Å². The minimum atomic E-state index is -3.66. The van der Waals surface area contributed by atoms with Gasteiger partial charge in [-0.05, 0) is 49.4 Å². The van der Waals surface area contributed by atoms with Gasteiger partial charge in [0.1, 0.15) is 5.82 Å². The second kappa shape index (κ2) is 5.96. The van der Waals surface area contributed by atoms with Crippen molar-refractivity contribution in [3.05, 3.63) is 41.0 Å². The van der Waals surface area contributed by atoms with Crippen LogP contribution >= 0.6 is 0 Å². The minimum Gasteiger partial charge on any atom is -0.334 e. The van der Waals surface area contributed by atoms with Crippen molar-refractivity contribution >= 4 is 21.6 Å². The number of nitrogens with one attached hydrogen (secondary N) is 2. The molecule has 1 aromatic heterocycles. The number of sulfonamides is 1. The fourth-order valence-corrected chi connectivity index (χ4v) is 4.55. The van der Waals surface area contributed by atoms with Gasteiger partial charge in [0.15, 0.2) is 0 Å². The first-order valence-electron chi connectivity index (χ1n) is 8.40. The van der Waals surface area contributed by atoms with Crippen LogP contribution in [0.5, 0.6) is 0 Å². The molecule has 0 atom stereocenters. The monoisotopic (exact) mass is 360 g/mol. The van der Waals surface area contributed by atoms with Crippen LogP contribution in [0.2, 0.25) is 0 Å². The molecule has 0 radical (unpaired) electrons. The maximum absolute atomic E-state index is 12.6. The molecular formula is C17H20N4O3S. The number of aryl methyl sites for hydroxylation is 1. The van der Waals surface area contributed by atoms with Crippen LogP contribution in [0.15, 0.2) is 23.1 Å². The van der Waals surface area contributed by atoms with Crippen molar-refractivity contribution in [3.63, 3.8) is 0 Å². The highest BCUT2D eigenvalue weighted by Gasteiger charge is 2.23. The van der Waals surface area contributed by atoms with Gasteiger partial charge in [-0.25, -0.2) is 18.1 Å². The molecule has 7 nitrogen and oxygen atoms in total. The van der Waals surface area contributed by atoms with Gasteiger partial charge in [-0.3, -0.25) is 4.79 Å². The van der Waals surface area contributed by atoms with Crippen molar-refractivity contribution in [2.45, 2.75) is 43.5 Å². The van der Waals surface area contributed by atoms with E-state index in [9.17, 15) is 13.2 Å². The smallest absolute Gasteiger partial charge is 0.240 e. The van der Waals surface area contributed by atoms with E-state index < -0.39 is 10.0 Å². The van der Waals surface area contributed by atoms with Gasteiger partial charge in [-0.1, -0.05) is 0 Å². The van der Waals surface area contributed by atoms with Gasteiger partial charge >= 0.3 is 0 Å². The predicted octanol–water partition coefficient (Wildman–Crippen LogP) is 1.27. The van der Waals surface area contributed by atoms with E-state index in [2.05, 4.69) is 15.0 Å². The van der Waals surface area contributed by atoms with Crippen molar-refractivity contribution in [1.82, 2.24) is 14.3 Å². The highest BCUT2D eigenvalue weighted by atomic mass is 32.2. The minimum absolute atomic E-state index is 0.115. The van der Waals surface area contributed by atoms with Crippen molar-refractivity contribution < 1.29 is 13.2 Å². The molecule has 1 amide bonds. The summed E-state index contributed by atoms with van der Waals surface area (Å²) in [6.07, 6.45) is 4.46. The summed E-state index contributed by atoms with van der Waals surface area (Å²) >= 11 is 0. The lowest BCUT2D eigenvalue weighted by Crippen LogP contribution is -2.25. The molecule has 0 fully saturated rings. The van der Waals surface area contributed by atoms with Crippen molar-refractivity contribution in [3.8, 4) is 0 Å². The highest BCUT2D eigenvalue weighted by Crippen LogP contribution is 2.26. The lowest BCUT2D eigenvalue weighted by atomic mass is 10.0. The number of amides is 1. The first-order valence-corrected chi connectivity index (χ1v) is 9.88. The van der Waals surface area contributed by atoms with Crippen LogP contribution < -0.4 is 10.0 Å². The topological polar surface area (TPSA) is 93.1 Å². The van der Waals surface area contributed by atoms with Gasteiger partial charge in [0, 0.05) is 18.4 Å². The molecule has 2 N–H and O–H groups in total. The van der Waals surface area contributed by atoms with Gasteiger partial charge in [-0.15, -0.1) is 0 Å². The van der Waals surface area contributed by atoms with Crippen LogP contribution in [0, 0.1) is 0 Å². The number of carbonyl (C=O) groups is 1. The highest BCUT2D eigenvalue weighted by molar-refractivity contribution is 7.89. The zero-order chi connectivity index (χ0) is 17.6. The second-order valence-corrected chi connectivity index (χ2v) is 8.32. The molecule has 132 valence electrons. The fourth-order valence-electron chi connectivity index (χ4n) is 3.52. The third kappa shape index (κ3) is 2.96. The Kier molecular flexibility index (Phi) is 3.88. The van der Waals surface area contributed by atoms with Gasteiger partial charge in [0.2, 0.25) is 15.9 Å². The first kappa shape index (κ1) is 16.3. The molecule has 4 rings (SSSR count). The molecule has 8 heteroatoms. The number of imidazole rings is 1. The number of fused-ring (bicyclic) bond motifs is 2. The Hall–Kier alpha value is -2.19. The van der Waals surface area contributed by atoms with E-state index in [4.69, 9.17) is 0 Å². The zero-order valence-electron chi connectivity index (χ0n) is 14.0. The Morgan fingerprint density at radius 2 is 2.08 bits per heavy atom. The van der Waals surface area contributed by atoms with Gasteiger partial charge in [0.25, 0.3) is 0 Å². The third-order valence-corrected chi connectivity index (χ3v) is 6.30. The van der Waals surface area contributed by atoms with Gasteiger partial charge in [-0.2, -0.15) is 0 Å². The summed E-state index contributed by atoms with van der Waals surface area (Å²) in [5, 5.41) is 2.70. The Morgan fingerprint density at radius 3 is 2.88 bits per heavy atom. The molecule has 1 aromatic carbocycles. The van der Waals surface area contributed by atoms with E-state index in [-0.39, 0.29) is 23.8 Å². The molecular weight excluding hydrogens is 340 g/mol. The molecule has 0 saturated heterocycles. The number of anilines is 1. The number of benzene rings is 1. The van der Waals surface area contributed by atoms with Crippen molar-refractivity contribution in [2.24, 2.45) is 7.05 Å². The van der Waals surface area contributed by atoms with E-state index in [1.807, 2.05) is 11.6 Å². The number of carbonyl (C=O) groups excluding carboxylic acids is 1. The maximum atomic E-state index is 12.6. The Balaban J connectivity index is 1.54. The normalized spacial score (nSPS) is 16.4. The molecule has 0 saturated carbocycles. The Labute approximate surface area is 146 Å². The van der Waals surface area contributed by atoms with Crippen molar-refractivity contribution in [1.29, 1.82) is 0 Å². The third-order valence-electron chi connectivity index (χ3n) is 4.90. The predicted molar refractivity (Wildman–Crippen MR) is 92.7 cm³/mol. The van der Waals surface area contributed by atoms with E-state index in [1.54, 1.807) is 12.1 Å². The molecule has 1 aliphatic carbocycles. The lowest BCUT2D eigenvalue weighted by Gasteiger charge is -2.11. The van der Waals surface area contributed by atoms with E-state index in [0.717, 1.165) is 37.2 Å². The average molecular weight is 360 g/mol. The van der Waals surface area contributed by atoms with Crippen LogP contribution in [0.3, 0.4) is 0 Å². The zero-order valence-corrected chi connectivity index (χ0v) is 14.8. The standard InChI is InChI=1S/C17H20N4O3S/c1-21-15-5-3-2-4-14(15)19-16(21)10-18-25(23,24)12-6-7-13-11(8-12)9-17(22)20-13/h6-8,18H,2-5,9-10H2,1H3,(H,20,22). The van der Waals surface area contributed by atoms with E-state index >= 15 is 0 Å². The van der Waals surface area contributed by atoms with Crippen LogP contribution in [-0.4, -0.2) is 23.9 Å². The Bertz CT molecular complexity index is 963. The molecule has 1 aliphatic heterocycles. The number of aromatic nitrogens is 2. The molecule has 0 spiro atoms. The van der Waals surface area contributed by atoms with E-state index in [1.165, 1.54) is 11.8 Å².